The Morgan fingerprint density at radius 2 is 1.81 bits per heavy atom. The van der Waals surface area contributed by atoms with Gasteiger partial charge >= 0.3 is 0 Å². The van der Waals surface area contributed by atoms with Crippen molar-refractivity contribution in [1.82, 2.24) is 0 Å². The summed E-state index contributed by atoms with van der Waals surface area (Å²) in [6.07, 6.45) is 7.22. The minimum Gasteiger partial charge on any atom is -0.394 e. The number of hydrogen-bond donors (Lipinski definition) is 1. The Labute approximate surface area is 100 Å². The molecule has 1 aliphatic rings. The summed E-state index contributed by atoms with van der Waals surface area (Å²) < 4.78 is 10.4. The topological polar surface area (TPSA) is 38.7 Å². The first-order valence-corrected chi connectivity index (χ1v) is 6.65. The van der Waals surface area contributed by atoms with Gasteiger partial charge in [-0.15, -0.1) is 0 Å². The Kier molecular flexibility index (Phi) is 12.9. The first kappa shape index (κ1) is 15.9. The molecule has 98 valence electrons. The van der Waals surface area contributed by atoms with Crippen molar-refractivity contribution >= 4 is 0 Å². The summed E-state index contributed by atoms with van der Waals surface area (Å²) in [5.41, 5.74) is 0. The fourth-order valence-electron chi connectivity index (χ4n) is 1.38. The van der Waals surface area contributed by atoms with Crippen molar-refractivity contribution in [2.45, 2.75) is 58.5 Å². The van der Waals surface area contributed by atoms with Gasteiger partial charge in [-0.2, -0.15) is 0 Å². The van der Waals surface area contributed by atoms with Gasteiger partial charge in [-0.25, -0.2) is 0 Å². The summed E-state index contributed by atoms with van der Waals surface area (Å²) >= 11 is 0. The molecule has 1 saturated heterocycles. The summed E-state index contributed by atoms with van der Waals surface area (Å²) in [5.74, 6) is 0. The number of aliphatic hydroxyl groups excluding tert-OH is 1. The molecule has 0 radical (unpaired) electrons. The SMILES string of the molecule is CCCCOCCCC.OCC1CCCO1. The van der Waals surface area contributed by atoms with E-state index in [1.165, 1.54) is 25.7 Å². The van der Waals surface area contributed by atoms with E-state index < -0.39 is 0 Å². The van der Waals surface area contributed by atoms with Crippen LogP contribution in [0.5, 0.6) is 0 Å². The van der Waals surface area contributed by atoms with Crippen LogP contribution < -0.4 is 0 Å². The van der Waals surface area contributed by atoms with E-state index in [2.05, 4.69) is 13.8 Å². The highest BCUT2D eigenvalue weighted by Gasteiger charge is 2.12. The van der Waals surface area contributed by atoms with Crippen LogP contribution >= 0.6 is 0 Å². The zero-order chi connectivity index (χ0) is 12.1. The number of aliphatic hydroxyl groups is 1. The highest BCUT2D eigenvalue weighted by atomic mass is 16.5. The van der Waals surface area contributed by atoms with Gasteiger partial charge in [0, 0.05) is 19.8 Å². The van der Waals surface area contributed by atoms with Crippen molar-refractivity contribution in [1.29, 1.82) is 0 Å². The third-order valence-corrected chi connectivity index (χ3v) is 2.51. The summed E-state index contributed by atoms with van der Waals surface area (Å²) in [6, 6.07) is 0. The second-order valence-electron chi connectivity index (χ2n) is 4.14. The second-order valence-corrected chi connectivity index (χ2v) is 4.14. The molecule has 1 heterocycles. The van der Waals surface area contributed by atoms with Crippen molar-refractivity contribution in [2.75, 3.05) is 26.4 Å². The standard InChI is InChI=1S/C8H18O.C5H10O2/c1-3-5-7-9-8-6-4-2;6-4-5-2-1-3-7-5/h3-8H2,1-2H3;5-6H,1-4H2. The van der Waals surface area contributed by atoms with Gasteiger partial charge in [-0.3, -0.25) is 0 Å². The van der Waals surface area contributed by atoms with Crippen molar-refractivity contribution in [3.8, 4) is 0 Å². The van der Waals surface area contributed by atoms with Gasteiger partial charge in [0.25, 0.3) is 0 Å². The average Bonchev–Trinajstić information content (AvgIpc) is 2.83. The maximum absolute atomic E-state index is 8.44. The molecule has 0 aromatic heterocycles. The van der Waals surface area contributed by atoms with E-state index in [1.807, 2.05) is 0 Å². The first-order valence-electron chi connectivity index (χ1n) is 6.65. The predicted molar refractivity (Wildman–Crippen MR) is 66.7 cm³/mol. The average molecular weight is 232 g/mol. The molecule has 0 aromatic rings. The fourth-order valence-corrected chi connectivity index (χ4v) is 1.38. The molecule has 3 nitrogen and oxygen atoms in total. The largest absolute Gasteiger partial charge is 0.394 e. The maximum atomic E-state index is 8.44. The van der Waals surface area contributed by atoms with Gasteiger partial charge in [-0.05, 0) is 25.7 Å². The molecule has 0 amide bonds. The lowest BCUT2D eigenvalue weighted by molar-refractivity contribution is 0.0591. The molecular weight excluding hydrogens is 204 g/mol. The molecule has 1 atom stereocenters. The van der Waals surface area contributed by atoms with Crippen LogP contribution in [0.15, 0.2) is 0 Å². The van der Waals surface area contributed by atoms with E-state index in [0.717, 1.165) is 32.7 Å². The first-order chi connectivity index (χ1) is 7.85. The van der Waals surface area contributed by atoms with Crippen molar-refractivity contribution in [3.63, 3.8) is 0 Å². The van der Waals surface area contributed by atoms with Crippen LogP contribution in [0, 0.1) is 0 Å². The third kappa shape index (κ3) is 10.4. The molecule has 16 heavy (non-hydrogen) atoms. The van der Waals surface area contributed by atoms with E-state index >= 15 is 0 Å². The van der Waals surface area contributed by atoms with E-state index in [4.69, 9.17) is 14.6 Å². The molecule has 0 spiro atoms. The van der Waals surface area contributed by atoms with Crippen LogP contribution in [-0.4, -0.2) is 37.6 Å². The fraction of sp³-hybridized carbons (Fsp3) is 1.00. The normalized spacial score (nSPS) is 19.3. The highest BCUT2D eigenvalue weighted by Crippen LogP contribution is 2.09. The molecule has 0 aliphatic carbocycles. The lowest BCUT2D eigenvalue weighted by atomic mass is 10.2. The molecular formula is C13H28O3. The maximum Gasteiger partial charge on any atom is 0.0806 e. The molecule has 3 heteroatoms. The van der Waals surface area contributed by atoms with Gasteiger partial charge in [0.05, 0.1) is 12.7 Å². The third-order valence-electron chi connectivity index (χ3n) is 2.51. The highest BCUT2D eigenvalue weighted by molar-refractivity contribution is 4.61. The molecule has 0 saturated carbocycles. The van der Waals surface area contributed by atoms with Gasteiger partial charge < -0.3 is 14.6 Å². The van der Waals surface area contributed by atoms with Crippen molar-refractivity contribution < 1.29 is 14.6 Å². The number of hydrogen-bond acceptors (Lipinski definition) is 3. The number of rotatable bonds is 7. The Bertz CT molecular complexity index is 116. The Balaban J connectivity index is 0.000000288. The molecule has 1 unspecified atom stereocenters. The lowest BCUT2D eigenvalue weighted by Gasteiger charge is -2.00. The van der Waals surface area contributed by atoms with Crippen LogP contribution in [0.2, 0.25) is 0 Å². The van der Waals surface area contributed by atoms with Crippen LogP contribution in [-0.2, 0) is 9.47 Å². The van der Waals surface area contributed by atoms with E-state index in [-0.39, 0.29) is 12.7 Å². The van der Waals surface area contributed by atoms with E-state index in [9.17, 15) is 0 Å². The monoisotopic (exact) mass is 232 g/mol. The van der Waals surface area contributed by atoms with Crippen LogP contribution in [0.25, 0.3) is 0 Å². The number of unbranched alkanes of at least 4 members (excludes halogenated alkanes) is 2. The summed E-state index contributed by atoms with van der Waals surface area (Å²) in [6.45, 7) is 7.31. The summed E-state index contributed by atoms with van der Waals surface area (Å²) in [7, 11) is 0. The van der Waals surface area contributed by atoms with Gasteiger partial charge in [-0.1, -0.05) is 26.7 Å². The van der Waals surface area contributed by atoms with Crippen LogP contribution in [0.4, 0.5) is 0 Å². The quantitative estimate of drug-likeness (QED) is 0.686. The van der Waals surface area contributed by atoms with Crippen LogP contribution in [0.1, 0.15) is 52.4 Å². The Morgan fingerprint density at radius 1 is 1.19 bits per heavy atom. The molecule has 1 fully saturated rings. The predicted octanol–water partition coefficient (Wildman–Crippen LogP) is 2.76. The lowest BCUT2D eigenvalue weighted by Crippen LogP contribution is -2.09. The molecule has 1 rings (SSSR count). The summed E-state index contributed by atoms with van der Waals surface area (Å²) in [5, 5.41) is 8.44. The zero-order valence-corrected chi connectivity index (χ0v) is 10.9. The molecule has 1 N–H and O–H groups in total. The molecule has 0 bridgehead atoms. The Hall–Kier alpha value is -0.120. The van der Waals surface area contributed by atoms with E-state index in [1.54, 1.807) is 0 Å². The minimum absolute atomic E-state index is 0.153. The summed E-state index contributed by atoms with van der Waals surface area (Å²) in [4.78, 5) is 0. The van der Waals surface area contributed by atoms with Gasteiger partial charge in [0.1, 0.15) is 0 Å². The second kappa shape index (κ2) is 12.9. The zero-order valence-electron chi connectivity index (χ0n) is 10.9. The van der Waals surface area contributed by atoms with Gasteiger partial charge in [0.15, 0.2) is 0 Å². The molecule has 0 aromatic carbocycles. The van der Waals surface area contributed by atoms with Crippen LogP contribution in [0.3, 0.4) is 0 Å². The van der Waals surface area contributed by atoms with Gasteiger partial charge in [0.2, 0.25) is 0 Å². The number of ether oxygens (including phenoxy) is 2. The van der Waals surface area contributed by atoms with Crippen molar-refractivity contribution in [2.24, 2.45) is 0 Å². The smallest absolute Gasteiger partial charge is 0.0806 e. The minimum atomic E-state index is 0.153. The molecule has 1 aliphatic heterocycles. The Morgan fingerprint density at radius 3 is 2.12 bits per heavy atom. The van der Waals surface area contributed by atoms with Crippen molar-refractivity contribution in [3.05, 3.63) is 0 Å². The van der Waals surface area contributed by atoms with E-state index in [0.29, 0.717) is 0 Å².